The van der Waals surface area contributed by atoms with Gasteiger partial charge in [-0.2, -0.15) is 0 Å². The van der Waals surface area contributed by atoms with Crippen LogP contribution in [0.2, 0.25) is 0 Å². The van der Waals surface area contributed by atoms with E-state index in [9.17, 15) is 4.79 Å². The van der Waals surface area contributed by atoms with E-state index < -0.39 is 0 Å². The average molecular weight is 311 g/mol. The molecule has 0 aliphatic carbocycles. The first-order chi connectivity index (χ1) is 10.7. The van der Waals surface area contributed by atoms with Crippen molar-refractivity contribution < 1.29 is 9.53 Å². The zero-order valence-electron chi connectivity index (χ0n) is 11.8. The summed E-state index contributed by atoms with van der Waals surface area (Å²) in [5.41, 5.74) is 1.59. The SMILES string of the molecule is Cc1csc(C(=O)Nc2cnc(Oc3ccccc3)nc2)c1. The molecule has 6 heteroatoms. The second kappa shape index (κ2) is 6.36. The topological polar surface area (TPSA) is 64.1 Å². The van der Waals surface area contributed by atoms with Gasteiger partial charge < -0.3 is 10.1 Å². The number of aromatic nitrogens is 2. The number of thiophene rings is 1. The van der Waals surface area contributed by atoms with Gasteiger partial charge in [-0.05, 0) is 36.1 Å². The zero-order valence-corrected chi connectivity index (χ0v) is 12.6. The third-order valence-electron chi connectivity index (χ3n) is 2.79. The molecule has 110 valence electrons. The number of para-hydroxylation sites is 1. The molecule has 2 heterocycles. The number of rotatable bonds is 4. The molecule has 1 amide bonds. The van der Waals surface area contributed by atoms with Gasteiger partial charge >= 0.3 is 6.01 Å². The third-order valence-corrected chi connectivity index (χ3v) is 3.84. The van der Waals surface area contributed by atoms with E-state index in [0.29, 0.717) is 16.3 Å². The van der Waals surface area contributed by atoms with E-state index in [0.717, 1.165) is 5.56 Å². The monoisotopic (exact) mass is 311 g/mol. The van der Waals surface area contributed by atoms with Gasteiger partial charge in [-0.3, -0.25) is 4.79 Å². The molecule has 5 nitrogen and oxygen atoms in total. The van der Waals surface area contributed by atoms with E-state index in [1.807, 2.05) is 48.7 Å². The number of hydrogen-bond donors (Lipinski definition) is 1. The van der Waals surface area contributed by atoms with E-state index in [4.69, 9.17) is 4.74 Å². The highest BCUT2D eigenvalue weighted by molar-refractivity contribution is 7.12. The highest BCUT2D eigenvalue weighted by Gasteiger charge is 2.09. The molecule has 1 N–H and O–H groups in total. The van der Waals surface area contributed by atoms with Crippen LogP contribution in [0.4, 0.5) is 5.69 Å². The highest BCUT2D eigenvalue weighted by Crippen LogP contribution is 2.18. The number of benzene rings is 1. The van der Waals surface area contributed by atoms with Crippen LogP contribution in [0.25, 0.3) is 0 Å². The lowest BCUT2D eigenvalue weighted by atomic mass is 10.3. The van der Waals surface area contributed by atoms with E-state index in [2.05, 4.69) is 15.3 Å². The number of aryl methyl sites for hydroxylation is 1. The molecule has 0 bridgehead atoms. The maximum Gasteiger partial charge on any atom is 0.322 e. The summed E-state index contributed by atoms with van der Waals surface area (Å²) in [5, 5.41) is 4.69. The molecule has 0 spiro atoms. The molecule has 0 saturated carbocycles. The van der Waals surface area contributed by atoms with Crippen molar-refractivity contribution in [2.45, 2.75) is 6.92 Å². The van der Waals surface area contributed by atoms with Gasteiger partial charge in [0.1, 0.15) is 5.75 Å². The first-order valence-corrected chi connectivity index (χ1v) is 7.50. The summed E-state index contributed by atoms with van der Waals surface area (Å²) in [6.45, 7) is 1.95. The van der Waals surface area contributed by atoms with Crippen LogP contribution in [0.5, 0.6) is 11.8 Å². The number of nitrogens with one attached hydrogen (secondary N) is 1. The van der Waals surface area contributed by atoms with Crippen molar-refractivity contribution in [2.24, 2.45) is 0 Å². The summed E-state index contributed by atoms with van der Waals surface area (Å²) in [6.07, 6.45) is 3.03. The summed E-state index contributed by atoms with van der Waals surface area (Å²) in [5.74, 6) is 0.492. The molecule has 0 unspecified atom stereocenters. The van der Waals surface area contributed by atoms with Crippen LogP contribution in [0.3, 0.4) is 0 Å². The van der Waals surface area contributed by atoms with E-state index >= 15 is 0 Å². The lowest BCUT2D eigenvalue weighted by Crippen LogP contribution is -2.10. The Balaban J connectivity index is 1.65. The van der Waals surface area contributed by atoms with Crippen LogP contribution >= 0.6 is 11.3 Å². The van der Waals surface area contributed by atoms with Crippen molar-refractivity contribution in [3.8, 4) is 11.8 Å². The minimum Gasteiger partial charge on any atom is -0.424 e. The van der Waals surface area contributed by atoms with Crippen LogP contribution in [-0.2, 0) is 0 Å². The quantitative estimate of drug-likeness (QED) is 0.794. The summed E-state index contributed by atoms with van der Waals surface area (Å²) >= 11 is 1.40. The molecule has 3 aromatic rings. The second-order valence-corrected chi connectivity index (χ2v) is 5.52. The fourth-order valence-corrected chi connectivity index (χ4v) is 2.56. The number of carbonyl (C=O) groups is 1. The lowest BCUT2D eigenvalue weighted by molar-refractivity contribution is 0.103. The first kappa shape index (κ1) is 14.2. The number of carbonyl (C=O) groups excluding carboxylic acids is 1. The van der Waals surface area contributed by atoms with E-state index in [1.54, 1.807) is 0 Å². The third kappa shape index (κ3) is 3.48. The zero-order chi connectivity index (χ0) is 15.4. The van der Waals surface area contributed by atoms with Gasteiger partial charge in [0.15, 0.2) is 0 Å². The Labute approximate surface area is 131 Å². The van der Waals surface area contributed by atoms with E-state index in [1.165, 1.54) is 23.7 Å². The predicted molar refractivity (Wildman–Crippen MR) is 85.6 cm³/mol. The average Bonchev–Trinajstić information content (AvgIpc) is 2.97. The van der Waals surface area contributed by atoms with Crippen LogP contribution in [0, 0.1) is 6.92 Å². The van der Waals surface area contributed by atoms with Gasteiger partial charge in [-0.25, -0.2) is 9.97 Å². The van der Waals surface area contributed by atoms with Crippen LogP contribution < -0.4 is 10.1 Å². The molecule has 1 aromatic carbocycles. The predicted octanol–water partition coefficient (Wildman–Crippen LogP) is 3.89. The smallest absolute Gasteiger partial charge is 0.322 e. The number of anilines is 1. The van der Waals surface area contributed by atoms with Crippen molar-refractivity contribution in [3.05, 3.63) is 64.6 Å². The number of nitrogens with zero attached hydrogens (tertiary/aromatic N) is 2. The Morgan fingerprint density at radius 3 is 2.55 bits per heavy atom. The fourth-order valence-electron chi connectivity index (χ4n) is 1.77. The molecule has 3 rings (SSSR count). The first-order valence-electron chi connectivity index (χ1n) is 6.62. The fraction of sp³-hybridized carbons (Fsp3) is 0.0625. The molecule has 0 aliphatic rings. The highest BCUT2D eigenvalue weighted by atomic mass is 32.1. The van der Waals surface area contributed by atoms with E-state index in [-0.39, 0.29) is 11.9 Å². The molecule has 2 aromatic heterocycles. The molecular weight excluding hydrogens is 298 g/mol. The Hall–Kier alpha value is -2.73. The van der Waals surface area contributed by atoms with Crippen LogP contribution in [0.15, 0.2) is 54.2 Å². The van der Waals surface area contributed by atoms with Gasteiger partial charge in [0.2, 0.25) is 0 Å². The number of hydrogen-bond acceptors (Lipinski definition) is 5. The summed E-state index contributed by atoms with van der Waals surface area (Å²) in [7, 11) is 0. The molecule has 22 heavy (non-hydrogen) atoms. The lowest BCUT2D eigenvalue weighted by Gasteiger charge is -2.05. The van der Waals surface area contributed by atoms with Crippen molar-refractivity contribution >= 4 is 22.9 Å². The van der Waals surface area contributed by atoms with Gasteiger partial charge in [0.25, 0.3) is 5.91 Å². The number of amides is 1. The number of ether oxygens (including phenoxy) is 1. The largest absolute Gasteiger partial charge is 0.424 e. The summed E-state index contributed by atoms with van der Waals surface area (Å²) in [4.78, 5) is 20.8. The maximum atomic E-state index is 12.0. The molecule has 0 aliphatic heterocycles. The molecular formula is C16H13N3O2S. The van der Waals surface area contributed by atoms with Crippen molar-refractivity contribution in [3.63, 3.8) is 0 Å². The van der Waals surface area contributed by atoms with Crippen molar-refractivity contribution in [1.82, 2.24) is 9.97 Å². The van der Waals surface area contributed by atoms with Gasteiger partial charge in [0.05, 0.1) is 23.0 Å². The standard InChI is InChI=1S/C16H13N3O2S/c1-11-7-14(22-10-11)15(20)19-12-8-17-16(18-9-12)21-13-5-3-2-4-6-13/h2-10H,1H3,(H,19,20). The van der Waals surface area contributed by atoms with Crippen molar-refractivity contribution in [1.29, 1.82) is 0 Å². The molecule has 0 fully saturated rings. The van der Waals surface area contributed by atoms with Gasteiger partial charge in [-0.15, -0.1) is 11.3 Å². The molecule has 0 atom stereocenters. The van der Waals surface area contributed by atoms with Gasteiger partial charge in [0, 0.05) is 0 Å². The Morgan fingerprint density at radius 1 is 1.18 bits per heavy atom. The van der Waals surface area contributed by atoms with Crippen LogP contribution in [-0.4, -0.2) is 15.9 Å². The van der Waals surface area contributed by atoms with Crippen molar-refractivity contribution in [2.75, 3.05) is 5.32 Å². The van der Waals surface area contributed by atoms with Crippen LogP contribution in [0.1, 0.15) is 15.2 Å². The molecule has 0 saturated heterocycles. The summed E-state index contributed by atoms with van der Waals surface area (Å²) < 4.78 is 5.49. The minimum atomic E-state index is -0.168. The minimum absolute atomic E-state index is 0.168. The second-order valence-electron chi connectivity index (χ2n) is 4.61. The Bertz CT molecular complexity index is 770. The molecule has 0 radical (unpaired) electrons. The van der Waals surface area contributed by atoms with Gasteiger partial charge in [-0.1, -0.05) is 18.2 Å². The Morgan fingerprint density at radius 2 is 1.91 bits per heavy atom. The normalized spacial score (nSPS) is 10.2. The maximum absolute atomic E-state index is 12.0. The Kier molecular flexibility index (Phi) is 4.11. The summed E-state index contributed by atoms with van der Waals surface area (Å²) in [6, 6.07) is 11.3.